The Morgan fingerprint density at radius 2 is 2.10 bits per heavy atom. The lowest BCUT2D eigenvalue weighted by Crippen LogP contribution is -2.54. The molecule has 0 aliphatic carbocycles. The van der Waals surface area contributed by atoms with Gasteiger partial charge in [0, 0.05) is 16.4 Å². The Labute approximate surface area is 191 Å². The van der Waals surface area contributed by atoms with Crippen LogP contribution in [0.15, 0.2) is 45.9 Å². The summed E-state index contributed by atoms with van der Waals surface area (Å²) in [6, 6.07) is 9.51. The SMILES string of the molecule is Cc1nc(SCC2=C(C(=O)O)N3C(=O)C[C@@H]3SC2)sc1CC(=O)OCc1ccccc1. The van der Waals surface area contributed by atoms with E-state index in [0.717, 1.165) is 26.0 Å². The average molecular weight is 477 g/mol. The van der Waals surface area contributed by atoms with Crippen molar-refractivity contribution in [2.75, 3.05) is 11.5 Å². The first-order valence-electron chi connectivity index (χ1n) is 9.60. The highest BCUT2D eigenvalue weighted by molar-refractivity contribution is 8.01. The molecule has 10 heteroatoms. The number of aromatic nitrogens is 1. The molecule has 0 spiro atoms. The van der Waals surface area contributed by atoms with E-state index in [4.69, 9.17) is 4.74 Å². The minimum atomic E-state index is -1.06. The van der Waals surface area contributed by atoms with Crippen LogP contribution in [0.25, 0.3) is 0 Å². The number of amides is 1. The third-order valence-corrected chi connectivity index (χ3v) is 8.59. The van der Waals surface area contributed by atoms with E-state index in [1.54, 1.807) is 11.8 Å². The van der Waals surface area contributed by atoms with Crippen LogP contribution in [-0.4, -0.2) is 49.7 Å². The van der Waals surface area contributed by atoms with Gasteiger partial charge in [0.25, 0.3) is 0 Å². The Hall–Kier alpha value is -2.30. The van der Waals surface area contributed by atoms with Gasteiger partial charge in [0.1, 0.15) is 12.3 Å². The number of carboxylic acids is 1. The number of carbonyl (C=O) groups is 3. The van der Waals surface area contributed by atoms with E-state index in [1.165, 1.54) is 28.0 Å². The molecule has 2 aliphatic rings. The second kappa shape index (κ2) is 9.46. The predicted octanol–water partition coefficient (Wildman–Crippen LogP) is 3.47. The summed E-state index contributed by atoms with van der Waals surface area (Å²) in [5.41, 5.74) is 2.55. The number of aryl methyl sites for hydroxylation is 1. The molecule has 4 rings (SSSR count). The lowest BCUT2D eigenvalue weighted by Gasteiger charge is -2.43. The fraction of sp³-hybridized carbons (Fsp3) is 0.333. The Kier molecular flexibility index (Phi) is 6.68. The van der Waals surface area contributed by atoms with E-state index in [9.17, 15) is 19.5 Å². The van der Waals surface area contributed by atoms with Crippen molar-refractivity contribution in [2.45, 2.75) is 36.1 Å². The summed E-state index contributed by atoms with van der Waals surface area (Å²) < 4.78 is 6.12. The van der Waals surface area contributed by atoms with E-state index in [2.05, 4.69) is 4.98 Å². The summed E-state index contributed by atoms with van der Waals surface area (Å²) in [6.45, 7) is 2.08. The van der Waals surface area contributed by atoms with Gasteiger partial charge >= 0.3 is 11.9 Å². The topological polar surface area (TPSA) is 96.8 Å². The number of carbonyl (C=O) groups excluding carboxylic acids is 2. The quantitative estimate of drug-likeness (QED) is 0.351. The van der Waals surface area contributed by atoms with Crippen LogP contribution < -0.4 is 0 Å². The van der Waals surface area contributed by atoms with Crippen LogP contribution in [0, 0.1) is 6.92 Å². The summed E-state index contributed by atoms with van der Waals surface area (Å²) in [5, 5.41) is 9.54. The molecule has 0 bridgehead atoms. The fourth-order valence-corrected chi connectivity index (χ4v) is 6.91. The zero-order chi connectivity index (χ0) is 22.0. The molecule has 2 aromatic rings. The smallest absolute Gasteiger partial charge is 0.352 e. The molecule has 1 saturated heterocycles. The highest BCUT2D eigenvalue weighted by Crippen LogP contribution is 2.41. The van der Waals surface area contributed by atoms with Gasteiger partial charge in [0.05, 0.1) is 23.9 Å². The molecule has 162 valence electrons. The number of nitrogens with zero attached hydrogens (tertiary/aromatic N) is 2. The van der Waals surface area contributed by atoms with Gasteiger partial charge in [0.2, 0.25) is 5.91 Å². The zero-order valence-electron chi connectivity index (χ0n) is 16.7. The molecule has 1 fully saturated rings. The number of thiazole rings is 1. The van der Waals surface area contributed by atoms with Gasteiger partial charge in [-0.2, -0.15) is 0 Å². The number of hydrogen-bond acceptors (Lipinski definition) is 8. The number of β-lactam (4-membered cyclic amide) rings is 1. The van der Waals surface area contributed by atoms with Crippen LogP contribution >= 0.6 is 34.9 Å². The molecule has 0 saturated carbocycles. The van der Waals surface area contributed by atoms with Gasteiger partial charge in [-0.05, 0) is 18.1 Å². The van der Waals surface area contributed by atoms with Crippen LogP contribution in [-0.2, 0) is 32.1 Å². The third kappa shape index (κ3) is 4.97. The van der Waals surface area contributed by atoms with E-state index in [0.29, 0.717) is 17.9 Å². The van der Waals surface area contributed by atoms with Crippen LogP contribution in [0.1, 0.15) is 22.6 Å². The first-order chi connectivity index (χ1) is 14.9. The van der Waals surface area contributed by atoms with Gasteiger partial charge in [-0.1, -0.05) is 42.1 Å². The van der Waals surface area contributed by atoms with Crippen molar-refractivity contribution >= 4 is 52.7 Å². The molecule has 7 nitrogen and oxygen atoms in total. The average Bonchev–Trinajstić information content (AvgIpc) is 3.09. The number of thioether (sulfide) groups is 2. The van der Waals surface area contributed by atoms with Crippen LogP contribution in [0.3, 0.4) is 0 Å². The Bertz CT molecular complexity index is 1050. The molecule has 1 N–H and O–H groups in total. The first-order valence-corrected chi connectivity index (χ1v) is 12.4. The number of ether oxygens (including phenoxy) is 1. The zero-order valence-corrected chi connectivity index (χ0v) is 19.1. The molecule has 31 heavy (non-hydrogen) atoms. The van der Waals surface area contributed by atoms with Crippen molar-refractivity contribution in [3.63, 3.8) is 0 Å². The van der Waals surface area contributed by atoms with Gasteiger partial charge < -0.3 is 9.84 Å². The van der Waals surface area contributed by atoms with Gasteiger partial charge in [-0.25, -0.2) is 9.78 Å². The fourth-order valence-electron chi connectivity index (χ4n) is 3.29. The largest absolute Gasteiger partial charge is 0.477 e. The van der Waals surface area contributed by atoms with E-state index < -0.39 is 5.97 Å². The molecular formula is C21H20N2O5S3. The standard InChI is InChI=1S/C21H20N2O5S3/c1-12-15(7-18(25)28-9-13-5-3-2-4-6-13)31-21(22-12)30-11-14-10-29-17-8-16(24)23(17)19(14)20(26)27/h2-6,17H,7-11H2,1H3,(H,26,27)/t17-/m0/s1. The van der Waals surface area contributed by atoms with Crippen molar-refractivity contribution in [1.82, 2.24) is 9.88 Å². The maximum absolute atomic E-state index is 12.2. The Morgan fingerprint density at radius 1 is 1.32 bits per heavy atom. The van der Waals surface area contributed by atoms with E-state index in [1.807, 2.05) is 37.3 Å². The third-order valence-electron chi connectivity index (χ3n) is 4.92. The Balaban J connectivity index is 1.36. The number of esters is 1. The highest BCUT2D eigenvalue weighted by Gasteiger charge is 2.45. The van der Waals surface area contributed by atoms with Crippen LogP contribution in [0.2, 0.25) is 0 Å². The molecular weight excluding hydrogens is 456 g/mol. The van der Waals surface area contributed by atoms with Crippen molar-refractivity contribution in [1.29, 1.82) is 0 Å². The number of benzene rings is 1. The minimum absolute atomic E-state index is 0.0528. The lowest BCUT2D eigenvalue weighted by molar-refractivity contribution is -0.146. The van der Waals surface area contributed by atoms with Crippen molar-refractivity contribution < 1.29 is 24.2 Å². The van der Waals surface area contributed by atoms with Crippen LogP contribution in [0.5, 0.6) is 0 Å². The molecule has 3 heterocycles. The molecule has 1 atom stereocenters. The van der Waals surface area contributed by atoms with Crippen LogP contribution in [0.4, 0.5) is 0 Å². The molecule has 1 aromatic carbocycles. The molecule has 1 amide bonds. The number of carboxylic acid groups (broad SMARTS) is 1. The van der Waals surface area contributed by atoms with Crippen molar-refractivity contribution in [2.24, 2.45) is 0 Å². The van der Waals surface area contributed by atoms with Crippen molar-refractivity contribution in [3.05, 3.63) is 57.7 Å². The molecule has 0 radical (unpaired) electrons. The normalized spacial score (nSPS) is 17.9. The summed E-state index contributed by atoms with van der Waals surface area (Å²) >= 11 is 4.44. The predicted molar refractivity (Wildman–Crippen MR) is 120 cm³/mol. The number of aliphatic carboxylic acids is 1. The van der Waals surface area contributed by atoms with Crippen molar-refractivity contribution in [3.8, 4) is 0 Å². The minimum Gasteiger partial charge on any atom is -0.477 e. The number of rotatable bonds is 8. The van der Waals surface area contributed by atoms with E-state index >= 15 is 0 Å². The molecule has 0 unspecified atom stereocenters. The lowest BCUT2D eigenvalue weighted by atomic mass is 10.1. The summed E-state index contributed by atoms with van der Waals surface area (Å²) in [6.07, 6.45) is 0.553. The summed E-state index contributed by atoms with van der Waals surface area (Å²) in [5.74, 6) is -0.485. The van der Waals surface area contributed by atoms with E-state index in [-0.39, 0.29) is 36.0 Å². The molecule has 2 aliphatic heterocycles. The van der Waals surface area contributed by atoms with Gasteiger partial charge in [-0.3, -0.25) is 14.5 Å². The number of fused-ring (bicyclic) bond motifs is 1. The maximum Gasteiger partial charge on any atom is 0.352 e. The maximum atomic E-state index is 12.2. The number of hydrogen-bond donors (Lipinski definition) is 1. The van der Waals surface area contributed by atoms with Gasteiger partial charge in [0.15, 0.2) is 4.34 Å². The second-order valence-corrected chi connectivity index (χ2v) is 10.6. The highest BCUT2D eigenvalue weighted by atomic mass is 32.2. The first kappa shape index (κ1) is 21.9. The summed E-state index contributed by atoms with van der Waals surface area (Å²) in [7, 11) is 0. The summed E-state index contributed by atoms with van der Waals surface area (Å²) in [4.78, 5) is 42.5. The second-order valence-electron chi connectivity index (χ2n) is 7.09. The van der Waals surface area contributed by atoms with Gasteiger partial charge in [-0.15, -0.1) is 23.1 Å². The monoisotopic (exact) mass is 476 g/mol. The Morgan fingerprint density at radius 3 is 2.81 bits per heavy atom. The molecule has 1 aromatic heterocycles.